The molecule has 4 aromatic rings. The molecule has 0 saturated carbocycles. The highest BCUT2D eigenvalue weighted by molar-refractivity contribution is 7.21. The topological polar surface area (TPSA) is 51.2 Å². The van der Waals surface area contributed by atoms with Crippen LogP contribution in [0.3, 0.4) is 0 Å². The summed E-state index contributed by atoms with van der Waals surface area (Å²) in [5, 5.41) is 4.10. The highest BCUT2D eigenvalue weighted by atomic mass is 32.1. The minimum absolute atomic E-state index is 0.101. The first-order valence-corrected chi connectivity index (χ1v) is 9.44. The van der Waals surface area contributed by atoms with Gasteiger partial charge in [0.05, 0.1) is 10.6 Å². The van der Waals surface area contributed by atoms with Gasteiger partial charge in [0.25, 0.3) is 5.91 Å². The Balaban J connectivity index is 1.48. The summed E-state index contributed by atoms with van der Waals surface area (Å²) >= 11 is 1.51. The molecule has 4 nitrogen and oxygen atoms in total. The number of thiophene rings is 1. The molecule has 0 saturated heterocycles. The molecule has 0 radical (unpaired) electrons. The first kappa shape index (κ1) is 17.2. The van der Waals surface area contributed by atoms with Crippen molar-refractivity contribution < 1.29 is 9.53 Å². The molecule has 0 atom stereocenters. The fourth-order valence-electron chi connectivity index (χ4n) is 2.88. The van der Waals surface area contributed by atoms with Gasteiger partial charge in [-0.1, -0.05) is 30.3 Å². The highest BCUT2D eigenvalue weighted by Crippen LogP contribution is 2.31. The van der Waals surface area contributed by atoms with Gasteiger partial charge in [0.2, 0.25) is 0 Å². The average molecular weight is 374 g/mol. The van der Waals surface area contributed by atoms with Gasteiger partial charge in [-0.2, -0.15) is 0 Å². The molecule has 0 aliphatic rings. The van der Waals surface area contributed by atoms with Gasteiger partial charge in [-0.25, -0.2) is 0 Å². The molecule has 0 fully saturated rings. The van der Waals surface area contributed by atoms with Crippen molar-refractivity contribution >= 4 is 33.0 Å². The van der Waals surface area contributed by atoms with Gasteiger partial charge in [-0.3, -0.25) is 9.78 Å². The van der Waals surface area contributed by atoms with Gasteiger partial charge in [0, 0.05) is 22.7 Å². The largest absolute Gasteiger partial charge is 0.487 e. The summed E-state index contributed by atoms with van der Waals surface area (Å²) in [7, 11) is 0. The van der Waals surface area contributed by atoms with Crippen molar-refractivity contribution in [2.24, 2.45) is 0 Å². The van der Waals surface area contributed by atoms with Crippen molar-refractivity contribution in [1.29, 1.82) is 0 Å². The molecule has 2 heterocycles. The summed E-state index contributed by atoms with van der Waals surface area (Å²) in [6, 6.07) is 21.2. The normalized spacial score (nSPS) is 10.7. The maximum absolute atomic E-state index is 12.7. The van der Waals surface area contributed by atoms with Gasteiger partial charge in [0.1, 0.15) is 12.4 Å². The van der Waals surface area contributed by atoms with Crippen LogP contribution in [0.25, 0.3) is 10.1 Å². The number of nitrogens with zero attached hydrogens (tertiary/aromatic N) is 1. The lowest BCUT2D eigenvalue weighted by atomic mass is 10.1. The van der Waals surface area contributed by atoms with E-state index >= 15 is 0 Å². The third kappa shape index (κ3) is 3.83. The van der Waals surface area contributed by atoms with Gasteiger partial charge < -0.3 is 10.1 Å². The number of hydrogen-bond acceptors (Lipinski definition) is 4. The molecule has 0 spiro atoms. The van der Waals surface area contributed by atoms with Crippen LogP contribution in [0.2, 0.25) is 0 Å². The Bertz CT molecular complexity index is 1090. The molecule has 2 aromatic heterocycles. The highest BCUT2D eigenvalue weighted by Gasteiger charge is 2.15. The summed E-state index contributed by atoms with van der Waals surface area (Å²) in [5.74, 6) is 0.585. The number of hydrogen-bond donors (Lipinski definition) is 1. The molecule has 0 bridgehead atoms. The van der Waals surface area contributed by atoms with Gasteiger partial charge in [-0.05, 0) is 48.2 Å². The maximum Gasteiger partial charge on any atom is 0.266 e. The molecule has 1 amide bonds. The van der Waals surface area contributed by atoms with E-state index in [1.54, 1.807) is 6.20 Å². The van der Waals surface area contributed by atoms with E-state index in [0.717, 1.165) is 26.2 Å². The van der Waals surface area contributed by atoms with Crippen LogP contribution in [-0.2, 0) is 6.61 Å². The zero-order valence-corrected chi connectivity index (χ0v) is 15.6. The zero-order valence-electron chi connectivity index (χ0n) is 14.8. The van der Waals surface area contributed by atoms with Crippen molar-refractivity contribution in [3.05, 3.63) is 89.1 Å². The number of nitrogens with one attached hydrogen (secondary N) is 1. The summed E-state index contributed by atoms with van der Waals surface area (Å²) in [4.78, 5) is 17.7. The number of carbonyl (C=O) groups excluding carboxylic acids is 1. The molecule has 134 valence electrons. The predicted molar refractivity (Wildman–Crippen MR) is 110 cm³/mol. The van der Waals surface area contributed by atoms with E-state index in [-0.39, 0.29) is 5.91 Å². The molecule has 0 aliphatic carbocycles. The van der Waals surface area contributed by atoms with E-state index in [0.29, 0.717) is 18.0 Å². The lowest BCUT2D eigenvalue weighted by Crippen LogP contribution is -2.11. The van der Waals surface area contributed by atoms with Crippen molar-refractivity contribution in [2.45, 2.75) is 13.5 Å². The molecular formula is C22H18N2O2S. The minimum atomic E-state index is -0.101. The smallest absolute Gasteiger partial charge is 0.266 e. The van der Waals surface area contributed by atoms with Crippen LogP contribution in [0.5, 0.6) is 5.75 Å². The molecule has 1 N–H and O–H groups in total. The van der Waals surface area contributed by atoms with Crippen LogP contribution < -0.4 is 10.1 Å². The lowest BCUT2D eigenvalue weighted by Gasteiger charge is -2.09. The lowest BCUT2D eigenvalue weighted by molar-refractivity contribution is 0.103. The fraction of sp³-hybridized carbons (Fsp3) is 0.0909. The third-order valence-electron chi connectivity index (χ3n) is 4.25. The van der Waals surface area contributed by atoms with E-state index in [1.807, 2.05) is 73.7 Å². The maximum atomic E-state index is 12.7. The molecule has 4 rings (SSSR count). The second-order valence-corrected chi connectivity index (χ2v) is 7.20. The van der Waals surface area contributed by atoms with Crippen LogP contribution in [0.4, 0.5) is 5.69 Å². The Labute approximate surface area is 161 Å². The SMILES string of the molecule is Cc1c(C(=O)Nc2cccc(OCc3ccccn3)c2)sc2ccccc12. The Kier molecular flexibility index (Phi) is 4.85. The quantitative estimate of drug-likeness (QED) is 0.506. The second-order valence-electron chi connectivity index (χ2n) is 6.14. The summed E-state index contributed by atoms with van der Waals surface area (Å²) in [6.45, 7) is 2.37. The minimum Gasteiger partial charge on any atom is -0.487 e. The molecule has 0 aliphatic heterocycles. The molecule has 27 heavy (non-hydrogen) atoms. The van der Waals surface area contributed by atoms with E-state index in [2.05, 4.69) is 10.3 Å². The third-order valence-corrected chi connectivity index (χ3v) is 5.53. The monoisotopic (exact) mass is 374 g/mol. The van der Waals surface area contributed by atoms with E-state index in [1.165, 1.54) is 11.3 Å². The van der Waals surface area contributed by atoms with Crippen molar-refractivity contribution in [1.82, 2.24) is 4.98 Å². The first-order chi connectivity index (χ1) is 13.2. The van der Waals surface area contributed by atoms with Crippen molar-refractivity contribution in [2.75, 3.05) is 5.32 Å². The Morgan fingerprint density at radius 3 is 2.74 bits per heavy atom. The number of pyridine rings is 1. The van der Waals surface area contributed by atoms with Crippen LogP contribution >= 0.6 is 11.3 Å². The average Bonchev–Trinajstić information content (AvgIpc) is 3.05. The standard InChI is InChI=1S/C22H18N2O2S/c1-15-19-10-2-3-11-20(19)27-21(15)22(25)24-16-8-6-9-18(13-16)26-14-17-7-4-5-12-23-17/h2-13H,14H2,1H3,(H,24,25). The number of amides is 1. The van der Waals surface area contributed by atoms with E-state index in [9.17, 15) is 4.79 Å². The number of rotatable bonds is 5. The predicted octanol–water partition coefficient (Wildman–Crippen LogP) is 5.44. The number of benzene rings is 2. The number of anilines is 1. The number of ether oxygens (including phenoxy) is 1. The number of fused-ring (bicyclic) bond motifs is 1. The van der Waals surface area contributed by atoms with Crippen molar-refractivity contribution in [3.63, 3.8) is 0 Å². The Hall–Kier alpha value is -3.18. The Morgan fingerprint density at radius 2 is 1.93 bits per heavy atom. The van der Waals surface area contributed by atoms with Gasteiger partial charge in [0.15, 0.2) is 0 Å². The fourth-order valence-corrected chi connectivity index (χ4v) is 3.99. The van der Waals surface area contributed by atoms with Crippen LogP contribution in [-0.4, -0.2) is 10.9 Å². The van der Waals surface area contributed by atoms with Crippen LogP contribution in [0.1, 0.15) is 20.9 Å². The second kappa shape index (κ2) is 7.60. The van der Waals surface area contributed by atoms with E-state index < -0.39 is 0 Å². The molecule has 5 heteroatoms. The van der Waals surface area contributed by atoms with Crippen LogP contribution in [0.15, 0.2) is 72.9 Å². The Morgan fingerprint density at radius 1 is 1.07 bits per heavy atom. The number of aromatic nitrogens is 1. The van der Waals surface area contributed by atoms with Crippen LogP contribution in [0, 0.1) is 6.92 Å². The van der Waals surface area contributed by atoms with Gasteiger partial charge >= 0.3 is 0 Å². The summed E-state index contributed by atoms with van der Waals surface area (Å²) in [6.07, 6.45) is 1.74. The molecular weight excluding hydrogens is 356 g/mol. The van der Waals surface area contributed by atoms with Gasteiger partial charge in [-0.15, -0.1) is 11.3 Å². The molecule has 0 unspecified atom stereocenters. The van der Waals surface area contributed by atoms with Crippen molar-refractivity contribution in [3.8, 4) is 5.75 Å². The first-order valence-electron chi connectivity index (χ1n) is 8.63. The summed E-state index contributed by atoms with van der Waals surface area (Å²) < 4.78 is 6.90. The zero-order chi connectivity index (χ0) is 18.6. The number of aryl methyl sites for hydroxylation is 1. The number of carbonyl (C=O) groups is 1. The summed E-state index contributed by atoms with van der Waals surface area (Å²) in [5.41, 5.74) is 2.57. The molecule has 2 aromatic carbocycles. The van der Waals surface area contributed by atoms with E-state index in [4.69, 9.17) is 4.74 Å².